The summed E-state index contributed by atoms with van der Waals surface area (Å²) in [5.74, 6) is 0. The van der Waals surface area contributed by atoms with E-state index in [2.05, 4.69) is 20.9 Å². The molecule has 0 N–H and O–H groups in total. The molecule has 0 saturated heterocycles. The van der Waals surface area contributed by atoms with E-state index in [1.54, 1.807) is 6.07 Å². The van der Waals surface area contributed by atoms with Crippen molar-refractivity contribution in [2.75, 3.05) is 0 Å². The normalized spacial score (nSPS) is 9.88. The molecule has 0 atom stereocenters. The largest absolute Gasteiger partial charge is 0.266 e. The molecule has 82 valence electrons. The fourth-order valence-corrected chi connectivity index (χ4v) is 1.88. The van der Waals surface area contributed by atoms with Gasteiger partial charge >= 0.3 is 0 Å². The van der Waals surface area contributed by atoms with Gasteiger partial charge in [-0.25, -0.2) is 8.78 Å². The van der Waals surface area contributed by atoms with Crippen LogP contribution in [0.1, 0.15) is 28.8 Å². The van der Waals surface area contributed by atoms with Crippen LogP contribution in [0, 0.1) is 22.7 Å². The van der Waals surface area contributed by atoms with Crippen molar-refractivity contribution in [3.8, 4) is 12.1 Å². The minimum absolute atomic E-state index is 0.000862. The first-order chi connectivity index (χ1) is 7.65. The van der Waals surface area contributed by atoms with Crippen molar-refractivity contribution in [3.63, 3.8) is 0 Å². The lowest BCUT2D eigenvalue weighted by Gasteiger charge is -2.09. The van der Waals surface area contributed by atoms with E-state index in [1.807, 2.05) is 6.07 Å². The minimum atomic E-state index is -2.74. The smallest absolute Gasteiger partial charge is 0.259 e. The third-order valence-electron chi connectivity index (χ3n) is 2.03. The molecule has 0 spiro atoms. The van der Waals surface area contributed by atoms with Crippen LogP contribution in [-0.2, 0) is 11.8 Å². The third-order valence-corrected chi connectivity index (χ3v) is 2.59. The van der Waals surface area contributed by atoms with Crippen molar-refractivity contribution in [1.29, 1.82) is 10.5 Å². The molecule has 0 unspecified atom stereocenters. The zero-order valence-electron chi connectivity index (χ0n) is 8.04. The lowest BCUT2D eigenvalue weighted by atomic mass is 10.0. The molecule has 1 rings (SSSR count). The van der Waals surface area contributed by atoms with Gasteiger partial charge in [0.15, 0.2) is 0 Å². The average molecular weight is 286 g/mol. The van der Waals surface area contributed by atoms with Crippen molar-refractivity contribution in [3.05, 3.63) is 28.6 Å². The molecule has 3 nitrogen and oxygen atoms in total. The molecular weight excluding hydrogens is 280 g/mol. The molecule has 1 heterocycles. The van der Waals surface area contributed by atoms with E-state index in [-0.39, 0.29) is 17.3 Å². The standard InChI is InChI=1S/C10H6BrF2N3/c11-3-6-7(4-15)8(10(12)13)5-16-9(6)1-2-14/h5,10H,1,3H2. The molecule has 0 aromatic carbocycles. The Morgan fingerprint density at radius 2 is 2.12 bits per heavy atom. The zero-order chi connectivity index (χ0) is 12.1. The van der Waals surface area contributed by atoms with E-state index < -0.39 is 12.0 Å². The summed E-state index contributed by atoms with van der Waals surface area (Å²) in [6.45, 7) is 0. The Kier molecular flexibility index (Phi) is 4.33. The van der Waals surface area contributed by atoms with E-state index in [9.17, 15) is 8.78 Å². The van der Waals surface area contributed by atoms with Gasteiger partial charge in [0.2, 0.25) is 0 Å². The number of halogens is 3. The predicted molar refractivity (Wildman–Crippen MR) is 55.9 cm³/mol. The Hall–Kier alpha value is -1.53. The summed E-state index contributed by atoms with van der Waals surface area (Å²) in [4.78, 5) is 3.79. The minimum Gasteiger partial charge on any atom is -0.259 e. The number of rotatable bonds is 3. The Bertz CT molecular complexity index is 474. The number of pyridine rings is 1. The van der Waals surface area contributed by atoms with Gasteiger partial charge in [-0.05, 0) is 0 Å². The first-order valence-corrected chi connectivity index (χ1v) is 5.39. The van der Waals surface area contributed by atoms with Crippen molar-refractivity contribution in [1.82, 2.24) is 4.98 Å². The number of hydrogen-bond donors (Lipinski definition) is 0. The SMILES string of the molecule is N#CCc1ncc(C(F)F)c(C#N)c1CBr. The van der Waals surface area contributed by atoms with Gasteiger partial charge in [0.05, 0.1) is 29.3 Å². The van der Waals surface area contributed by atoms with Crippen LogP contribution in [0.5, 0.6) is 0 Å². The molecule has 16 heavy (non-hydrogen) atoms. The molecule has 1 aromatic heterocycles. The summed E-state index contributed by atoms with van der Waals surface area (Å²) in [7, 11) is 0. The summed E-state index contributed by atoms with van der Waals surface area (Å²) in [6.07, 6.45) is -1.78. The average Bonchev–Trinajstić information content (AvgIpc) is 2.28. The lowest BCUT2D eigenvalue weighted by molar-refractivity contribution is 0.150. The molecule has 0 aliphatic rings. The number of nitrogens with zero attached hydrogens (tertiary/aromatic N) is 3. The Morgan fingerprint density at radius 3 is 2.56 bits per heavy atom. The highest BCUT2D eigenvalue weighted by Crippen LogP contribution is 2.27. The number of aromatic nitrogens is 1. The highest BCUT2D eigenvalue weighted by molar-refractivity contribution is 9.08. The van der Waals surface area contributed by atoms with Gasteiger partial charge in [-0.2, -0.15) is 10.5 Å². The van der Waals surface area contributed by atoms with Gasteiger partial charge in [0.1, 0.15) is 6.07 Å². The Balaban J connectivity index is 3.42. The highest BCUT2D eigenvalue weighted by atomic mass is 79.9. The fraction of sp³-hybridized carbons (Fsp3) is 0.300. The number of nitriles is 2. The van der Waals surface area contributed by atoms with E-state index in [1.165, 1.54) is 0 Å². The molecule has 6 heteroatoms. The molecule has 0 saturated carbocycles. The van der Waals surface area contributed by atoms with Crippen LogP contribution in [0.25, 0.3) is 0 Å². The monoisotopic (exact) mass is 285 g/mol. The molecule has 0 bridgehead atoms. The first-order valence-electron chi connectivity index (χ1n) is 4.27. The topological polar surface area (TPSA) is 60.5 Å². The van der Waals surface area contributed by atoms with Gasteiger partial charge < -0.3 is 0 Å². The van der Waals surface area contributed by atoms with Crippen molar-refractivity contribution in [2.45, 2.75) is 18.2 Å². The third kappa shape index (κ3) is 2.34. The van der Waals surface area contributed by atoms with Gasteiger partial charge in [0, 0.05) is 17.1 Å². The van der Waals surface area contributed by atoms with E-state index in [0.29, 0.717) is 11.3 Å². The summed E-state index contributed by atoms with van der Waals surface area (Å²) < 4.78 is 25.2. The van der Waals surface area contributed by atoms with Crippen molar-refractivity contribution in [2.24, 2.45) is 0 Å². The van der Waals surface area contributed by atoms with Crippen LogP contribution in [0.2, 0.25) is 0 Å². The molecular formula is C10H6BrF2N3. The maximum Gasteiger partial charge on any atom is 0.266 e. The second-order valence-electron chi connectivity index (χ2n) is 2.89. The van der Waals surface area contributed by atoms with Crippen LogP contribution >= 0.6 is 15.9 Å². The number of alkyl halides is 3. The second kappa shape index (κ2) is 5.53. The van der Waals surface area contributed by atoms with Crippen LogP contribution in [-0.4, -0.2) is 4.98 Å². The first kappa shape index (κ1) is 12.5. The molecule has 0 radical (unpaired) electrons. The summed E-state index contributed by atoms with van der Waals surface area (Å²) in [6, 6.07) is 3.61. The summed E-state index contributed by atoms with van der Waals surface area (Å²) in [5.41, 5.74) is 0.243. The summed E-state index contributed by atoms with van der Waals surface area (Å²) in [5, 5.41) is 17.6. The summed E-state index contributed by atoms with van der Waals surface area (Å²) >= 11 is 3.11. The van der Waals surface area contributed by atoms with Crippen LogP contribution in [0.15, 0.2) is 6.20 Å². The lowest BCUT2D eigenvalue weighted by Crippen LogP contribution is -2.03. The fourth-order valence-electron chi connectivity index (χ4n) is 1.28. The molecule has 0 aliphatic carbocycles. The molecule has 0 fully saturated rings. The molecule has 1 aromatic rings. The van der Waals surface area contributed by atoms with Gasteiger partial charge in [-0.3, -0.25) is 4.98 Å². The quantitative estimate of drug-likeness (QED) is 0.803. The van der Waals surface area contributed by atoms with E-state index in [0.717, 1.165) is 6.20 Å². The van der Waals surface area contributed by atoms with Crippen LogP contribution in [0.3, 0.4) is 0 Å². The zero-order valence-corrected chi connectivity index (χ0v) is 9.63. The van der Waals surface area contributed by atoms with Crippen molar-refractivity contribution < 1.29 is 8.78 Å². The van der Waals surface area contributed by atoms with Gasteiger partial charge in [0.25, 0.3) is 6.43 Å². The Morgan fingerprint density at radius 1 is 1.44 bits per heavy atom. The van der Waals surface area contributed by atoms with Crippen LogP contribution in [0.4, 0.5) is 8.78 Å². The second-order valence-corrected chi connectivity index (χ2v) is 3.46. The predicted octanol–water partition coefficient (Wildman–Crippen LogP) is 2.85. The van der Waals surface area contributed by atoms with Gasteiger partial charge in [-0.1, -0.05) is 15.9 Å². The maximum atomic E-state index is 12.6. The van der Waals surface area contributed by atoms with E-state index in [4.69, 9.17) is 10.5 Å². The molecule has 0 aliphatic heterocycles. The number of hydrogen-bond acceptors (Lipinski definition) is 3. The molecule has 0 amide bonds. The maximum absolute atomic E-state index is 12.6. The van der Waals surface area contributed by atoms with E-state index >= 15 is 0 Å². The Labute approximate surface area is 99.5 Å². The highest BCUT2D eigenvalue weighted by Gasteiger charge is 2.19. The van der Waals surface area contributed by atoms with Crippen LogP contribution < -0.4 is 0 Å². The van der Waals surface area contributed by atoms with Gasteiger partial charge in [-0.15, -0.1) is 0 Å². The van der Waals surface area contributed by atoms with Crippen molar-refractivity contribution >= 4 is 15.9 Å².